The third-order valence-corrected chi connectivity index (χ3v) is 6.64. The topological polar surface area (TPSA) is 45.9 Å². The molecule has 0 unspecified atom stereocenters. The van der Waals surface area contributed by atoms with Gasteiger partial charge in [0.15, 0.2) is 0 Å². The van der Waals surface area contributed by atoms with E-state index < -0.39 is 0 Å². The van der Waals surface area contributed by atoms with E-state index in [0.717, 1.165) is 35.6 Å². The van der Waals surface area contributed by atoms with Gasteiger partial charge in [0.25, 0.3) is 0 Å². The van der Waals surface area contributed by atoms with Crippen molar-refractivity contribution in [2.75, 3.05) is 6.61 Å². The summed E-state index contributed by atoms with van der Waals surface area (Å²) in [7, 11) is 0. The molecule has 2 aromatic carbocycles. The highest BCUT2D eigenvalue weighted by atomic mass is 35.5. The molecule has 3 nitrogen and oxygen atoms in total. The lowest BCUT2D eigenvalue weighted by molar-refractivity contribution is 0.304. The van der Waals surface area contributed by atoms with Gasteiger partial charge in [0.1, 0.15) is 16.8 Å². The minimum absolute atomic E-state index is 0.480. The SMILES string of the molecule is CCCCCCCCOc1ccc(/C=C(\C#N)c2nc(-c3ccc(Cl)c(Cl)c3)cs2)cc1. The van der Waals surface area contributed by atoms with E-state index in [4.69, 9.17) is 27.9 Å². The van der Waals surface area contributed by atoms with Crippen LogP contribution in [0.5, 0.6) is 5.75 Å². The second kappa shape index (κ2) is 12.6. The molecule has 1 heterocycles. The number of hydrogen-bond acceptors (Lipinski definition) is 4. The van der Waals surface area contributed by atoms with Crippen molar-refractivity contribution in [3.05, 3.63) is 68.5 Å². The monoisotopic (exact) mass is 484 g/mol. The summed E-state index contributed by atoms with van der Waals surface area (Å²) in [6, 6.07) is 15.5. The Morgan fingerprint density at radius 1 is 1.03 bits per heavy atom. The van der Waals surface area contributed by atoms with Crippen LogP contribution in [-0.4, -0.2) is 11.6 Å². The van der Waals surface area contributed by atoms with Crippen LogP contribution < -0.4 is 4.74 Å². The first-order chi connectivity index (χ1) is 15.6. The predicted octanol–water partition coefficient (Wildman–Crippen LogP) is 8.92. The van der Waals surface area contributed by atoms with Crippen LogP contribution in [0.1, 0.15) is 56.0 Å². The molecule has 1 aromatic heterocycles. The zero-order valence-corrected chi connectivity index (χ0v) is 20.4. The summed E-state index contributed by atoms with van der Waals surface area (Å²) in [6.07, 6.45) is 9.31. The van der Waals surface area contributed by atoms with Crippen molar-refractivity contribution in [1.82, 2.24) is 4.98 Å². The number of nitrogens with zero attached hydrogens (tertiary/aromatic N) is 2. The van der Waals surface area contributed by atoms with Crippen LogP contribution in [0.2, 0.25) is 10.0 Å². The quantitative estimate of drug-likeness (QED) is 0.201. The summed E-state index contributed by atoms with van der Waals surface area (Å²) in [4.78, 5) is 4.61. The Hall–Kier alpha value is -2.32. The van der Waals surface area contributed by atoms with Gasteiger partial charge in [-0.3, -0.25) is 0 Å². The van der Waals surface area contributed by atoms with Crippen LogP contribution in [0.15, 0.2) is 47.8 Å². The van der Waals surface area contributed by atoms with E-state index in [1.807, 2.05) is 41.8 Å². The molecule has 6 heteroatoms. The van der Waals surface area contributed by atoms with Crippen molar-refractivity contribution < 1.29 is 4.74 Å². The van der Waals surface area contributed by atoms with Gasteiger partial charge >= 0.3 is 0 Å². The third-order valence-electron chi connectivity index (χ3n) is 5.03. The van der Waals surface area contributed by atoms with Gasteiger partial charge in [0.2, 0.25) is 0 Å². The van der Waals surface area contributed by atoms with Gasteiger partial charge in [-0.15, -0.1) is 11.3 Å². The molecule has 0 fully saturated rings. The predicted molar refractivity (Wildman–Crippen MR) is 136 cm³/mol. The molecule has 0 N–H and O–H groups in total. The van der Waals surface area contributed by atoms with Crippen molar-refractivity contribution in [2.45, 2.75) is 45.4 Å². The number of benzene rings is 2. The minimum atomic E-state index is 0.480. The fourth-order valence-electron chi connectivity index (χ4n) is 3.23. The standard InChI is InChI=1S/C26H26Cl2N2OS/c1-2-3-4-5-6-7-14-31-22-11-8-19(9-12-22)15-21(17-29)26-30-25(18-32-26)20-10-13-23(27)24(28)16-20/h8-13,15-16,18H,2-7,14H2,1H3/b21-15+. The molecule has 3 rings (SSSR count). The molecule has 0 aliphatic carbocycles. The molecule has 166 valence electrons. The van der Waals surface area contributed by atoms with Crippen molar-refractivity contribution in [1.29, 1.82) is 5.26 Å². The molecule has 0 saturated carbocycles. The van der Waals surface area contributed by atoms with Gasteiger partial charge in [-0.1, -0.05) is 80.4 Å². The number of aromatic nitrogens is 1. The molecule has 0 spiro atoms. The molecular formula is C26H26Cl2N2OS. The first-order valence-electron chi connectivity index (χ1n) is 10.9. The second-order valence-corrected chi connectivity index (χ2v) is 9.19. The minimum Gasteiger partial charge on any atom is -0.494 e. The highest BCUT2D eigenvalue weighted by molar-refractivity contribution is 7.11. The van der Waals surface area contributed by atoms with Crippen molar-refractivity contribution >= 4 is 46.2 Å². The molecule has 3 aromatic rings. The lowest BCUT2D eigenvalue weighted by atomic mass is 10.1. The molecular weight excluding hydrogens is 459 g/mol. The Morgan fingerprint density at radius 2 is 1.78 bits per heavy atom. The molecule has 0 bridgehead atoms. The third kappa shape index (κ3) is 7.10. The molecule has 0 aliphatic heterocycles. The maximum atomic E-state index is 9.66. The number of hydrogen-bond donors (Lipinski definition) is 0. The Balaban J connectivity index is 1.60. The Morgan fingerprint density at radius 3 is 2.50 bits per heavy atom. The molecule has 0 aliphatic rings. The highest BCUT2D eigenvalue weighted by Gasteiger charge is 2.10. The summed E-state index contributed by atoms with van der Waals surface area (Å²) in [5, 5.41) is 13.2. The number of ether oxygens (including phenoxy) is 1. The van der Waals surface area contributed by atoms with Crippen molar-refractivity contribution in [3.8, 4) is 23.1 Å². The van der Waals surface area contributed by atoms with Crippen LogP contribution in [0, 0.1) is 11.3 Å². The lowest BCUT2D eigenvalue weighted by Gasteiger charge is -2.06. The number of rotatable bonds is 11. The van der Waals surface area contributed by atoms with Gasteiger partial charge in [0, 0.05) is 10.9 Å². The van der Waals surface area contributed by atoms with Crippen LogP contribution in [0.25, 0.3) is 22.9 Å². The van der Waals surface area contributed by atoms with Crippen molar-refractivity contribution in [3.63, 3.8) is 0 Å². The lowest BCUT2D eigenvalue weighted by Crippen LogP contribution is -1.97. The van der Waals surface area contributed by atoms with E-state index in [9.17, 15) is 5.26 Å². The average molecular weight is 485 g/mol. The number of halogens is 2. The van der Waals surface area contributed by atoms with Crippen molar-refractivity contribution in [2.24, 2.45) is 0 Å². The molecule has 0 atom stereocenters. The average Bonchev–Trinajstić information content (AvgIpc) is 3.29. The van der Waals surface area contributed by atoms with E-state index in [-0.39, 0.29) is 0 Å². The first kappa shape index (κ1) is 24.3. The van der Waals surface area contributed by atoms with E-state index in [1.165, 1.54) is 43.4 Å². The fraction of sp³-hybridized carbons (Fsp3) is 0.308. The van der Waals surface area contributed by atoms with Crippen LogP contribution in [0.3, 0.4) is 0 Å². The summed E-state index contributed by atoms with van der Waals surface area (Å²) >= 11 is 13.5. The number of unbranched alkanes of at least 4 members (excludes halogenated alkanes) is 5. The normalized spacial score (nSPS) is 11.4. The summed E-state index contributed by atoms with van der Waals surface area (Å²) in [5.41, 5.74) is 3.08. The van der Waals surface area contributed by atoms with Crippen LogP contribution in [-0.2, 0) is 0 Å². The van der Waals surface area contributed by atoms with E-state index in [0.29, 0.717) is 20.6 Å². The number of allylic oxidation sites excluding steroid dienone is 1. The fourth-order valence-corrected chi connectivity index (χ4v) is 4.32. The number of thiazole rings is 1. The Kier molecular flexibility index (Phi) is 9.62. The van der Waals surface area contributed by atoms with Gasteiger partial charge in [0.05, 0.1) is 27.9 Å². The van der Waals surface area contributed by atoms with E-state index >= 15 is 0 Å². The smallest absolute Gasteiger partial charge is 0.134 e. The van der Waals surface area contributed by atoms with Gasteiger partial charge < -0.3 is 4.74 Å². The summed E-state index contributed by atoms with van der Waals surface area (Å²) < 4.78 is 5.84. The zero-order chi connectivity index (χ0) is 22.8. The zero-order valence-electron chi connectivity index (χ0n) is 18.1. The maximum absolute atomic E-state index is 9.66. The second-order valence-electron chi connectivity index (χ2n) is 7.52. The van der Waals surface area contributed by atoms with Gasteiger partial charge in [-0.2, -0.15) is 5.26 Å². The van der Waals surface area contributed by atoms with Crippen LogP contribution in [0.4, 0.5) is 0 Å². The van der Waals surface area contributed by atoms with E-state index in [1.54, 1.807) is 12.1 Å². The molecule has 0 saturated heterocycles. The summed E-state index contributed by atoms with van der Waals surface area (Å²) in [6.45, 7) is 2.97. The maximum Gasteiger partial charge on any atom is 0.134 e. The van der Waals surface area contributed by atoms with Gasteiger partial charge in [-0.25, -0.2) is 4.98 Å². The highest BCUT2D eigenvalue weighted by Crippen LogP contribution is 2.31. The Labute approximate surface area is 204 Å². The first-order valence-corrected chi connectivity index (χ1v) is 12.5. The Bertz CT molecular complexity index is 1080. The van der Waals surface area contributed by atoms with E-state index in [2.05, 4.69) is 18.0 Å². The molecule has 0 amide bonds. The van der Waals surface area contributed by atoms with Crippen LogP contribution >= 0.6 is 34.5 Å². The molecule has 0 radical (unpaired) electrons. The number of nitriles is 1. The largest absolute Gasteiger partial charge is 0.494 e. The van der Waals surface area contributed by atoms with Gasteiger partial charge in [-0.05, 0) is 42.3 Å². The summed E-state index contributed by atoms with van der Waals surface area (Å²) in [5.74, 6) is 0.852. The molecule has 32 heavy (non-hydrogen) atoms.